The van der Waals surface area contributed by atoms with E-state index in [1.54, 1.807) is 19.1 Å². The van der Waals surface area contributed by atoms with Gasteiger partial charge in [-0.3, -0.25) is 4.79 Å². The number of nitrogens with two attached hydrogens (primary N) is 1. The Balaban J connectivity index is 2.20. The topological polar surface area (TPSA) is 101 Å². The fourth-order valence-electron chi connectivity index (χ4n) is 2.07. The maximum atomic E-state index is 12.1. The van der Waals surface area contributed by atoms with Gasteiger partial charge >= 0.3 is 0 Å². The van der Waals surface area contributed by atoms with E-state index in [0.29, 0.717) is 24.2 Å². The van der Waals surface area contributed by atoms with E-state index in [9.17, 15) is 13.2 Å². The van der Waals surface area contributed by atoms with Crippen molar-refractivity contribution in [1.29, 1.82) is 0 Å². The molecule has 0 saturated heterocycles. The molecule has 7 heteroatoms. The van der Waals surface area contributed by atoms with Crippen LogP contribution in [0.1, 0.15) is 31.7 Å². The number of fused-ring (bicyclic) bond motifs is 1. The van der Waals surface area contributed by atoms with Gasteiger partial charge in [0.1, 0.15) is 0 Å². The largest absolute Gasteiger partial charge is 0.328 e. The molecule has 2 atom stereocenters. The van der Waals surface area contributed by atoms with Crippen molar-refractivity contribution < 1.29 is 13.2 Å². The second-order valence-corrected chi connectivity index (χ2v) is 6.89. The van der Waals surface area contributed by atoms with E-state index in [2.05, 4.69) is 10.0 Å². The number of anilines is 1. The summed E-state index contributed by atoms with van der Waals surface area (Å²) in [5, 5.41) is 2.71. The third-order valence-electron chi connectivity index (χ3n) is 3.34. The lowest BCUT2D eigenvalue weighted by Gasteiger charge is -2.10. The van der Waals surface area contributed by atoms with Crippen molar-refractivity contribution in [2.45, 2.75) is 37.1 Å². The molecule has 1 aliphatic rings. The average Bonchev–Trinajstić information content (AvgIpc) is 2.64. The Morgan fingerprint density at radius 3 is 2.80 bits per heavy atom. The average molecular weight is 297 g/mol. The zero-order chi connectivity index (χ0) is 14.9. The van der Waals surface area contributed by atoms with Crippen molar-refractivity contribution in [2.24, 2.45) is 5.73 Å². The van der Waals surface area contributed by atoms with Crippen LogP contribution < -0.4 is 15.8 Å². The highest BCUT2D eigenvalue weighted by Crippen LogP contribution is 2.33. The van der Waals surface area contributed by atoms with Crippen LogP contribution in [0.25, 0.3) is 0 Å². The van der Waals surface area contributed by atoms with Crippen molar-refractivity contribution in [3.63, 3.8) is 0 Å². The van der Waals surface area contributed by atoms with E-state index in [-0.39, 0.29) is 22.8 Å². The molecule has 1 aromatic carbocycles. The molecule has 1 aromatic rings. The SMILES string of the molecule is CC(N)CCNS(=O)(=O)c1ccc2c(c1)C(C)C(=O)N2. The number of amides is 1. The van der Waals surface area contributed by atoms with E-state index in [4.69, 9.17) is 5.73 Å². The van der Waals surface area contributed by atoms with Gasteiger partial charge in [0, 0.05) is 18.3 Å². The number of rotatable bonds is 5. The summed E-state index contributed by atoms with van der Waals surface area (Å²) in [6, 6.07) is 4.61. The summed E-state index contributed by atoms with van der Waals surface area (Å²) in [5.41, 5.74) is 6.98. The van der Waals surface area contributed by atoms with Gasteiger partial charge in [-0.15, -0.1) is 0 Å². The molecular formula is C13H19N3O3S. The normalized spacial score (nSPS) is 19.6. The van der Waals surface area contributed by atoms with E-state index >= 15 is 0 Å². The molecule has 0 aromatic heterocycles. The molecule has 1 aliphatic heterocycles. The van der Waals surface area contributed by atoms with Crippen molar-refractivity contribution in [3.8, 4) is 0 Å². The minimum atomic E-state index is -3.56. The molecule has 1 amide bonds. The van der Waals surface area contributed by atoms with E-state index in [0.717, 1.165) is 0 Å². The number of carbonyl (C=O) groups excluding carboxylic acids is 1. The molecule has 110 valence electrons. The molecule has 0 fully saturated rings. The fraction of sp³-hybridized carbons (Fsp3) is 0.462. The summed E-state index contributed by atoms with van der Waals surface area (Å²) in [6.07, 6.45) is 0.570. The van der Waals surface area contributed by atoms with Gasteiger partial charge in [-0.2, -0.15) is 0 Å². The highest BCUT2D eigenvalue weighted by atomic mass is 32.2. The molecule has 6 nitrogen and oxygen atoms in total. The number of hydrogen-bond donors (Lipinski definition) is 3. The lowest BCUT2D eigenvalue weighted by Crippen LogP contribution is -2.29. The highest BCUT2D eigenvalue weighted by Gasteiger charge is 2.28. The van der Waals surface area contributed by atoms with E-state index in [1.807, 2.05) is 6.92 Å². The number of hydrogen-bond acceptors (Lipinski definition) is 4. The minimum Gasteiger partial charge on any atom is -0.328 e. The third-order valence-corrected chi connectivity index (χ3v) is 4.80. The molecule has 20 heavy (non-hydrogen) atoms. The smallest absolute Gasteiger partial charge is 0.240 e. The first-order chi connectivity index (χ1) is 9.31. The summed E-state index contributed by atoms with van der Waals surface area (Å²) >= 11 is 0. The maximum absolute atomic E-state index is 12.1. The van der Waals surface area contributed by atoms with Crippen LogP contribution in [0.15, 0.2) is 23.1 Å². The van der Waals surface area contributed by atoms with Crippen LogP contribution in [0.4, 0.5) is 5.69 Å². The molecule has 0 radical (unpaired) electrons. The predicted octanol–water partition coefficient (Wildman–Crippen LogP) is 0.758. The van der Waals surface area contributed by atoms with Gasteiger partial charge in [0.2, 0.25) is 15.9 Å². The maximum Gasteiger partial charge on any atom is 0.240 e. The molecule has 2 rings (SSSR count). The first-order valence-corrected chi connectivity index (χ1v) is 7.99. The highest BCUT2D eigenvalue weighted by molar-refractivity contribution is 7.89. The molecule has 0 bridgehead atoms. The second kappa shape index (κ2) is 5.51. The first-order valence-electron chi connectivity index (χ1n) is 6.51. The molecule has 2 unspecified atom stereocenters. The molecule has 0 aliphatic carbocycles. The van der Waals surface area contributed by atoms with Gasteiger partial charge in [0.15, 0.2) is 0 Å². The summed E-state index contributed by atoms with van der Waals surface area (Å²) < 4.78 is 26.8. The van der Waals surface area contributed by atoms with Crippen molar-refractivity contribution in [3.05, 3.63) is 23.8 Å². The quantitative estimate of drug-likeness (QED) is 0.746. The van der Waals surface area contributed by atoms with E-state index in [1.165, 1.54) is 6.07 Å². The van der Waals surface area contributed by atoms with Gasteiger partial charge < -0.3 is 11.1 Å². The second-order valence-electron chi connectivity index (χ2n) is 5.12. The standard InChI is InChI=1S/C13H19N3O3S/c1-8(14)5-6-15-20(18,19)10-3-4-12-11(7-10)9(2)13(17)16-12/h3-4,7-9,15H,5-6,14H2,1-2H3,(H,16,17). The number of benzene rings is 1. The summed E-state index contributed by atoms with van der Waals surface area (Å²) in [7, 11) is -3.56. The number of sulfonamides is 1. The zero-order valence-electron chi connectivity index (χ0n) is 11.5. The Labute approximate surface area is 118 Å². The first kappa shape index (κ1) is 15.0. The molecule has 1 heterocycles. The van der Waals surface area contributed by atoms with Crippen LogP contribution >= 0.6 is 0 Å². The van der Waals surface area contributed by atoms with Crippen LogP contribution in [0.5, 0.6) is 0 Å². The van der Waals surface area contributed by atoms with Crippen LogP contribution in [0, 0.1) is 0 Å². The molecular weight excluding hydrogens is 278 g/mol. The van der Waals surface area contributed by atoms with Crippen LogP contribution in [-0.4, -0.2) is 26.9 Å². The Hall–Kier alpha value is -1.44. The summed E-state index contributed by atoms with van der Waals surface area (Å²) in [6.45, 7) is 3.87. The lowest BCUT2D eigenvalue weighted by molar-refractivity contribution is -0.116. The Bertz CT molecular complexity index is 626. The van der Waals surface area contributed by atoms with Gasteiger partial charge in [-0.05, 0) is 44.0 Å². The Morgan fingerprint density at radius 1 is 1.45 bits per heavy atom. The lowest BCUT2D eigenvalue weighted by atomic mass is 10.0. The molecule has 0 saturated carbocycles. The van der Waals surface area contributed by atoms with Gasteiger partial charge in [-0.1, -0.05) is 0 Å². The summed E-state index contributed by atoms with van der Waals surface area (Å²) in [5.74, 6) is -0.441. The van der Waals surface area contributed by atoms with Gasteiger partial charge in [0.05, 0.1) is 10.8 Å². The molecule has 0 spiro atoms. The van der Waals surface area contributed by atoms with Crippen LogP contribution in [0.2, 0.25) is 0 Å². The van der Waals surface area contributed by atoms with Crippen molar-refractivity contribution >= 4 is 21.6 Å². The number of nitrogens with one attached hydrogen (secondary N) is 2. The van der Waals surface area contributed by atoms with Crippen LogP contribution in [0.3, 0.4) is 0 Å². The van der Waals surface area contributed by atoms with Crippen LogP contribution in [-0.2, 0) is 14.8 Å². The van der Waals surface area contributed by atoms with E-state index < -0.39 is 10.0 Å². The van der Waals surface area contributed by atoms with Gasteiger partial charge in [0.25, 0.3) is 0 Å². The zero-order valence-corrected chi connectivity index (χ0v) is 12.3. The number of carbonyl (C=O) groups is 1. The van der Waals surface area contributed by atoms with Crippen molar-refractivity contribution in [1.82, 2.24) is 4.72 Å². The Kier molecular flexibility index (Phi) is 4.12. The van der Waals surface area contributed by atoms with Crippen molar-refractivity contribution in [2.75, 3.05) is 11.9 Å². The predicted molar refractivity (Wildman–Crippen MR) is 76.9 cm³/mol. The third kappa shape index (κ3) is 3.00. The molecule has 4 N–H and O–H groups in total. The fourth-order valence-corrected chi connectivity index (χ4v) is 3.15. The van der Waals surface area contributed by atoms with Gasteiger partial charge in [-0.25, -0.2) is 13.1 Å². The minimum absolute atomic E-state index is 0.0560. The summed E-state index contributed by atoms with van der Waals surface area (Å²) in [4.78, 5) is 11.7. The Morgan fingerprint density at radius 2 is 2.15 bits per heavy atom. The monoisotopic (exact) mass is 297 g/mol.